The van der Waals surface area contributed by atoms with Crippen LogP contribution in [0.4, 0.5) is 23.2 Å². The molecule has 0 radical (unpaired) electrons. The molecule has 1 amide bonds. The van der Waals surface area contributed by atoms with Crippen molar-refractivity contribution in [2.24, 2.45) is 0 Å². The molecule has 2 aromatic carbocycles. The Labute approximate surface area is 118 Å². The second kappa shape index (κ2) is 5.55. The van der Waals surface area contributed by atoms with Gasteiger partial charge in [0.1, 0.15) is 5.82 Å². The SMILES string of the molecule is Cc1ccc(C(=O)Nc2cccc(C(F)(F)F)c2)cc1F. The van der Waals surface area contributed by atoms with Crippen molar-refractivity contribution in [1.82, 2.24) is 0 Å². The van der Waals surface area contributed by atoms with E-state index in [1.54, 1.807) is 6.92 Å². The normalized spacial score (nSPS) is 11.3. The summed E-state index contributed by atoms with van der Waals surface area (Å²) in [5.41, 5.74) is -0.452. The number of rotatable bonds is 2. The number of amides is 1. The molecule has 0 fully saturated rings. The van der Waals surface area contributed by atoms with Gasteiger partial charge in [-0.1, -0.05) is 12.1 Å². The fraction of sp³-hybridized carbons (Fsp3) is 0.133. The second-order valence-corrected chi connectivity index (χ2v) is 4.50. The van der Waals surface area contributed by atoms with E-state index in [1.807, 2.05) is 0 Å². The van der Waals surface area contributed by atoms with Crippen molar-refractivity contribution in [3.63, 3.8) is 0 Å². The highest BCUT2D eigenvalue weighted by Crippen LogP contribution is 2.30. The zero-order chi connectivity index (χ0) is 15.6. The number of carbonyl (C=O) groups is 1. The predicted molar refractivity (Wildman–Crippen MR) is 70.5 cm³/mol. The number of benzene rings is 2. The Morgan fingerprint density at radius 2 is 1.81 bits per heavy atom. The van der Waals surface area contributed by atoms with Gasteiger partial charge in [-0.05, 0) is 42.8 Å². The van der Waals surface area contributed by atoms with Crippen LogP contribution < -0.4 is 5.32 Å². The molecule has 0 aliphatic rings. The molecule has 2 rings (SSSR count). The lowest BCUT2D eigenvalue weighted by Crippen LogP contribution is -2.13. The molecule has 2 aromatic rings. The van der Waals surface area contributed by atoms with E-state index >= 15 is 0 Å². The van der Waals surface area contributed by atoms with Gasteiger partial charge >= 0.3 is 6.18 Å². The maximum atomic E-state index is 13.4. The van der Waals surface area contributed by atoms with E-state index in [1.165, 1.54) is 24.3 Å². The summed E-state index contributed by atoms with van der Waals surface area (Å²) < 4.78 is 51.1. The number of halogens is 4. The number of aryl methyl sites for hydroxylation is 1. The van der Waals surface area contributed by atoms with Gasteiger partial charge in [0.05, 0.1) is 5.56 Å². The van der Waals surface area contributed by atoms with E-state index in [4.69, 9.17) is 0 Å². The molecule has 0 spiro atoms. The summed E-state index contributed by atoms with van der Waals surface area (Å²) in [5.74, 6) is -1.22. The standard InChI is InChI=1S/C15H11F4NO/c1-9-5-6-10(7-13(9)16)14(21)20-12-4-2-3-11(8-12)15(17,18)19/h2-8H,1H3,(H,20,21). The summed E-state index contributed by atoms with van der Waals surface area (Å²) in [7, 11) is 0. The Bertz CT molecular complexity index is 680. The molecular weight excluding hydrogens is 286 g/mol. The monoisotopic (exact) mass is 297 g/mol. The zero-order valence-corrected chi connectivity index (χ0v) is 11.0. The summed E-state index contributed by atoms with van der Waals surface area (Å²) in [5, 5.41) is 2.31. The van der Waals surface area contributed by atoms with Crippen molar-refractivity contribution in [3.05, 3.63) is 65.0 Å². The van der Waals surface area contributed by atoms with Gasteiger partial charge in [-0.2, -0.15) is 13.2 Å². The zero-order valence-electron chi connectivity index (χ0n) is 11.0. The van der Waals surface area contributed by atoms with Crippen LogP contribution in [-0.4, -0.2) is 5.91 Å². The minimum atomic E-state index is -4.49. The summed E-state index contributed by atoms with van der Waals surface area (Å²) in [6, 6.07) is 8.12. The molecule has 0 aliphatic heterocycles. The Kier molecular flexibility index (Phi) is 3.97. The molecule has 0 aliphatic carbocycles. The lowest BCUT2D eigenvalue weighted by atomic mass is 10.1. The first kappa shape index (κ1) is 15.0. The molecule has 0 bridgehead atoms. The fourth-order valence-corrected chi connectivity index (χ4v) is 1.71. The third-order valence-electron chi connectivity index (χ3n) is 2.88. The number of alkyl halides is 3. The van der Waals surface area contributed by atoms with Gasteiger partial charge in [0.2, 0.25) is 0 Å². The van der Waals surface area contributed by atoms with Crippen molar-refractivity contribution in [2.75, 3.05) is 5.32 Å². The van der Waals surface area contributed by atoms with Crippen molar-refractivity contribution in [1.29, 1.82) is 0 Å². The summed E-state index contributed by atoms with van der Waals surface area (Å²) in [6.07, 6.45) is -4.49. The van der Waals surface area contributed by atoms with Gasteiger partial charge in [0.25, 0.3) is 5.91 Å². The van der Waals surface area contributed by atoms with Crippen LogP contribution in [0, 0.1) is 12.7 Å². The van der Waals surface area contributed by atoms with E-state index in [9.17, 15) is 22.4 Å². The van der Waals surface area contributed by atoms with Crippen LogP contribution in [0.3, 0.4) is 0 Å². The minimum Gasteiger partial charge on any atom is -0.322 e. The summed E-state index contributed by atoms with van der Waals surface area (Å²) in [6.45, 7) is 1.55. The van der Waals surface area contributed by atoms with Crippen LogP contribution >= 0.6 is 0 Å². The molecular formula is C15H11F4NO. The van der Waals surface area contributed by atoms with Gasteiger partial charge in [-0.15, -0.1) is 0 Å². The van der Waals surface area contributed by atoms with E-state index in [0.717, 1.165) is 18.2 Å². The molecule has 6 heteroatoms. The Morgan fingerprint density at radius 3 is 2.43 bits per heavy atom. The Morgan fingerprint density at radius 1 is 1.10 bits per heavy atom. The second-order valence-electron chi connectivity index (χ2n) is 4.50. The molecule has 0 heterocycles. The average Bonchev–Trinajstić information content (AvgIpc) is 2.41. The van der Waals surface area contributed by atoms with Gasteiger partial charge in [0, 0.05) is 11.3 Å². The van der Waals surface area contributed by atoms with Crippen LogP contribution in [0.1, 0.15) is 21.5 Å². The number of hydrogen-bond donors (Lipinski definition) is 1. The first-order valence-electron chi connectivity index (χ1n) is 6.02. The maximum Gasteiger partial charge on any atom is 0.416 e. The molecule has 2 nitrogen and oxygen atoms in total. The highest BCUT2D eigenvalue weighted by atomic mass is 19.4. The molecule has 0 saturated heterocycles. The molecule has 0 aromatic heterocycles. The van der Waals surface area contributed by atoms with Gasteiger partial charge in [-0.25, -0.2) is 4.39 Å². The largest absolute Gasteiger partial charge is 0.416 e. The lowest BCUT2D eigenvalue weighted by Gasteiger charge is -2.10. The van der Waals surface area contributed by atoms with Crippen molar-refractivity contribution in [3.8, 4) is 0 Å². The number of carbonyl (C=O) groups excluding carboxylic acids is 1. The van der Waals surface area contributed by atoms with E-state index in [-0.39, 0.29) is 11.3 Å². The lowest BCUT2D eigenvalue weighted by molar-refractivity contribution is -0.137. The average molecular weight is 297 g/mol. The first-order valence-corrected chi connectivity index (χ1v) is 6.02. The van der Waals surface area contributed by atoms with Crippen LogP contribution in [0.25, 0.3) is 0 Å². The number of nitrogens with one attached hydrogen (secondary N) is 1. The van der Waals surface area contributed by atoms with Crippen LogP contribution in [0.5, 0.6) is 0 Å². The first-order chi connectivity index (χ1) is 9.77. The smallest absolute Gasteiger partial charge is 0.322 e. The van der Waals surface area contributed by atoms with Crippen LogP contribution in [-0.2, 0) is 6.18 Å². The minimum absolute atomic E-state index is 0.00388. The van der Waals surface area contributed by atoms with Gasteiger partial charge < -0.3 is 5.32 Å². The third-order valence-corrected chi connectivity index (χ3v) is 2.88. The molecule has 110 valence electrons. The Hall–Kier alpha value is -2.37. The topological polar surface area (TPSA) is 29.1 Å². The fourth-order valence-electron chi connectivity index (χ4n) is 1.71. The highest BCUT2D eigenvalue weighted by molar-refractivity contribution is 6.04. The summed E-state index contributed by atoms with van der Waals surface area (Å²) >= 11 is 0. The molecule has 0 unspecified atom stereocenters. The number of hydrogen-bond acceptors (Lipinski definition) is 1. The van der Waals surface area contributed by atoms with Crippen molar-refractivity contribution >= 4 is 11.6 Å². The summed E-state index contributed by atoms with van der Waals surface area (Å²) in [4.78, 5) is 11.9. The molecule has 0 atom stereocenters. The maximum absolute atomic E-state index is 13.4. The van der Waals surface area contributed by atoms with Crippen molar-refractivity contribution < 1.29 is 22.4 Å². The van der Waals surface area contributed by atoms with Crippen LogP contribution in [0.2, 0.25) is 0 Å². The van der Waals surface area contributed by atoms with E-state index in [2.05, 4.69) is 5.32 Å². The third kappa shape index (κ3) is 3.59. The molecule has 1 N–H and O–H groups in total. The van der Waals surface area contributed by atoms with Gasteiger partial charge in [-0.3, -0.25) is 4.79 Å². The Balaban J connectivity index is 2.21. The molecule has 0 saturated carbocycles. The molecule has 21 heavy (non-hydrogen) atoms. The van der Waals surface area contributed by atoms with Gasteiger partial charge in [0.15, 0.2) is 0 Å². The number of anilines is 1. The quantitative estimate of drug-likeness (QED) is 0.818. The van der Waals surface area contributed by atoms with Crippen LogP contribution in [0.15, 0.2) is 42.5 Å². The van der Waals surface area contributed by atoms with Crippen molar-refractivity contribution in [2.45, 2.75) is 13.1 Å². The van der Waals surface area contributed by atoms with E-state index < -0.39 is 23.5 Å². The predicted octanol–water partition coefficient (Wildman–Crippen LogP) is 4.41. The highest BCUT2D eigenvalue weighted by Gasteiger charge is 2.30. The van der Waals surface area contributed by atoms with E-state index in [0.29, 0.717) is 5.56 Å².